The van der Waals surface area contributed by atoms with Crippen molar-refractivity contribution in [3.63, 3.8) is 0 Å². The summed E-state index contributed by atoms with van der Waals surface area (Å²) in [6.45, 7) is 8.83. The maximum Gasteiger partial charge on any atom is 0.223 e. The third-order valence-corrected chi connectivity index (χ3v) is 3.09. The van der Waals surface area contributed by atoms with E-state index in [4.69, 9.17) is 0 Å². The van der Waals surface area contributed by atoms with Gasteiger partial charge in [0, 0.05) is 18.2 Å². The van der Waals surface area contributed by atoms with Crippen molar-refractivity contribution >= 4 is 18.5 Å². The molecule has 17 heavy (non-hydrogen) atoms. The maximum atomic E-state index is 11.5. The van der Waals surface area contributed by atoms with E-state index in [1.54, 1.807) is 0 Å². The number of hydrogen-bond donors (Lipinski definition) is 2. The Morgan fingerprint density at radius 3 is 2.47 bits per heavy atom. The molecule has 0 aromatic carbocycles. The van der Waals surface area contributed by atoms with E-state index in [0.29, 0.717) is 12.3 Å². The summed E-state index contributed by atoms with van der Waals surface area (Å²) in [6.07, 6.45) is 6.45. The van der Waals surface area contributed by atoms with Gasteiger partial charge in [0.15, 0.2) is 0 Å². The van der Waals surface area contributed by atoms with Gasteiger partial charge < -0.3 is 5.32 Å². The predicted octanol–water partition coefficient (Wildman–Crippen LogP) is 3.36. The molecule has 1 unspecified atom stereocenters. The summed E-state index contributed by atoms with van der Waals surface area (Å²) in [5.74, 6) is 0.654. The average molecular weight is 255 g/mol. The molecule has 0 radical (unpaired) electrons. The second-order valence-corrected chi connectivity index (χ2v) is 5.06. The van der Waals surface area contributed by atoms with Gasteiger partial charge in [0.25, 0.3) is 0 Å². The molecule has 1 amide bonds. The van der Waals surface area contributed by atoms with E-state index in [1.165, 1.54) is 11.1 Å². The second kappa shape index (κ2) is 9.34. The lowest BCUT2D eigenvalue weighted by Gasteiger charge is -2.08. The van der Waals surface area contributed by atoms with E-state index in [0.717, 1.165) is 12.8 Å². The van der Waals surface area contributed by atoms with Crippen LogP contribution in [0.1, 0.15) is 40.5 Å². The van der Waals surface area contributed by atoms with Gasteiger partial charge in [-0.1, -0.05) is 30.2 Å². The van der Waals surface area contributed by atoms with Crippen LogP contribution in [-0.4, -0.2) is 18.2 Å². The average Bonchev–Trinajstić information content (AvgIpc) is 2.27. The Morgan fingerprint density at radius 1 is 1.29 bits per heavy atom. The minimum Gasteiger partial charge on any atom is -0.352 e. The molecular formula is C14H25NOS. The van der Waals surface area contributed by atoms with Crippen molar-refractivity contribution in [3.8, 4) is 0 Å². The van der Waals surface area contributed by atoms with Gasteiger partial charge in [0.1, 0.15) is 0 Å². The molecule has 0 saturated carbocycles. The summed E-state index contributed by atoms with van der Waals surface area (Å²) in [6, 6.07) is 0. The number of nitrogens with one attached hydrogen (secondary N) is 1. The van der Waals surface area contributed by atoms with Crippen LogP contribution in [0.15, 0.2) is 23.3 Å². The fraction of sp³-hybridized carbons (Fsp3) is 0.643. The number of rotatable bonds is 7. The lowest BCUT2D eigenvalue weighted by Crippen LogP contribution is -2.30. The van der Waals surface area contributed by atoms with E-state index < -0.39 is 0 Å². The molecule has 0 spiro atoms. The van der Waals surface area contributed by atoms with Crippen molar-refractivity contribution in [2.45, 2.75) is 40.5 Å². The molecule has 0 heterocycles. The van der Waals surface area contributed by atoms with E-state index in [-0.39, 0.29) is 11.8 Å². The molecule has 0 bridgehead atoms. The highest BCUT2D eigenvalue weighted by Crippen LogP contribution is 2.06. The molecule has 0 aliphatic heterocycles. The Balaban J connectivity index is 3.84. The quantitative estimate of drug-likeness (QED) is 0.530. The summed E-state index contributed by atoms with van der Waals surface area (Å²) in [7, 11) is 0. The first-order valence-corrected chi connectivity index (χ1v) is 6.78. The van der Waals surface area contributed by atoms with Crippen LogP contribution in [0.25, 0.3) is 0 Å². The predicted molar refractivity (Wildman–Crippen MR) is 78.4 cm³/mol. The molecule has 0 fully saturated rings. The minimum atomic E-state index is -0.0160. The van der Waals surface area contributed by atoms with Gasteiger partial charge in [-0.05, 0) is 33.6 Å². The van der Waals surface area contributed by atoms with Gasteiger partial charge in [-0.15, -0.1) is 0 Å². The van der Waals surface area contributed by atoms with Gasteiger partial charge in [0.2, 0.25) is 5.91 Å². The summed E-state index contributed by atoms with van der Waals surface area (Å²) in [5.41, 5.74) is 2.68. The van der Waals surface area contributed by atoms with Crippen LogP contribution in [0.2, 0.25) is 0 Å². The molecular weight excluding hydrogens is 230 g/mol. The van der Waals surface area contributed by atoms with Crippen molar-refractivity contribution < 1.29 is 4.79 Å². The maximum absolute atomic E-state index is 11.5. The van der Waals surface area contributed by atoms with Crippen molar-refractivity contribution in [3.05, 3.63) is 23.3 Å². The van der Waals surface area contributed by atoms with Gasteiger partial charge >= 0.3 is 0 Å². The van der Waals surface area contributed by atoms with Gasteiger partial charge in [-0.3, -0.25) is 4.79 Å². The molecule has 2 nitrogen and oxygen atoms in total. The van der Waals surface area contributed by atoms with Crippen LogP contribution in [0.4, 0.5) is 0 Å². The normalized spacial score (nSPS) is 13.1. The van der Waals surface area contributed by atoms with Crippen LogP contribution in [0.5, 0.6) is 0 Å². The fourth-order valence-electron chi connectivity index (χ4n) is 1.27. The smallest absolute Gasteiger partial charge is 0.223 e. The SMILES string of the molecule is CC(C)=CCC/C(C)=C/CNC(=O)C(C)CS. The Morgan fingerprint density at radius 2 is 1.94 bits per heavy atom. The van der Waals surface area contributed by atoms with Gasteiger partial charge in [-0.25, -0.2) is 0 Å². The highest BCUT2D eigenvalue weighted by Gasteiger charge is 2.08. The minimum absolute atomic E-state index is 0.0160. The monoisotopic (exact) mass is 255 g/mol. The van der Waals surface area contributed by atoms with Crippen molar-refractivity contribution in [1.82, 2.24) is 5.32 Å². The first-order chi connectivity index (χ1) is 7.97. The highest BCUT2D eigenvalue weighted by molar-refractivity contribution is 7.80. The molecule has 1 atom stereocenters. The van der Waals surface area contributed by atoms with Crippen molar-refractivity contribution in [1.29, 1.82) is 0 Å². The Bertz CT molecular complexity index is 291. The molecule has 0 aromatic heterocycles. The first-order valence-electron chi connectivity index (χ1n) is 6.15. The summed E-state index contributed by atoms with van der Waals surface area (Å²) in [4.78, 5) is 11.5. The topological polar surface area (TPSA) is 29.1 Å². The summed E-state index contributed by atoms with van der Waals surface area (Å²) in [5, 5.41) is 2.88. The molecule has 0 saturated heterocycles. The van der Waals surface area contributed by atoms with Gasteiger partial charge in [-0.2, -0.15) is 12.6 Å². The van der Waals surface area contributed by atoms with Gasteiger partial charge in [0.05, 0.1) is 0 Å². The van der Waals surface area contributed by atoms with E-state index in [2.05, 4.69) is 50.9 Å². The zero-order valence-corrected chi connectivity index (χ0v) is 12.3. The zero-order valence-electron chi connectivity index (χ0n) is 11.4. The van der Waals surface area contributed by atoms with Crippen LogP contribution in [-0.2, 0) is 4.79 Å². The third kappa shape index (κ3) is 9.04. The Hall–Kier alpha value is -0.700. The molecule has 0 aliphatic carbocycles. The van der Waals surface area contributed by atoms with E-state index in [9.17, 15) is 4.79 Å². The highest BCUT2D eigenvalue weighted by atomic mass is 32.1. The third-order valence-electron chi connectivity index (χ3n) is 2.54. The summed E-state index contributed by atoms with van der Waals surface area (Å²) >= 11 is 4.10. The number of carbonyl (C=O) groups is 1. The Labute approximate surface area is 111 Å². The molecule has 1 N–H and O–H groups in total. The first kappa shape index (κ1) is 16.3. The molecule has 0 aromatic rings. The van der Waals surface area contributed by atoms with Crippen molar-refractivity contribution in [2.75, 3.05) is 12.3 Å². The molecule has 0 aliphatic rings. The zero-order chi connectivity index (χ0) is 13.3. The fourth-order valence-corrected chi connectivity index (χ4v) is 1.44. The molecule has 3 heteroatoms. The van der Waals surface area contributed by atoms with Crippen LogP contribution < -0.4 is 5.32 Å². The largest absolute Gasteiger partial charge is 0.352 e. The molecule has 0 rings (SSSR count). The van der Waals surface area contributed by atoms with Crippen LogP contribution in [0.3, 0.4) is 0 Å². The summed E-state index contributed by atoms with van der Waals surface area (Å²) < 4.78 is 0. The number of thiol groups is 1. The van der Waals surface area contributed by atoms with Crippen molar-refractivity contribution in [2.24, 2.45) is 5.92 Å². The van der Waals surface area contributed by atoms with Crippen LogP contribution in [0, 0.1) is 5.92 Å². The number of carbonyl (C=O) groups excluding carboxylic acids is 1. The molecule has 98 valence electrons. The standard InChI is InChI=1S/C14H25NOS/c1-11(2)6-5-7-12(3)8-9-15-14(16)13(4)10-17/h6,8,13,17H,5,7,9-10H2,1-4H3,(H,15,16)/b12-8+. The second-order valence-electron chi connectivity index (χ2n) is 4.70. The van der Waals surface area contributed by atoms with E-state index in [1.807, 2.05) is 6.92 Å². The lowest BCUT2D eigenvalue weighted by atomic mass is 10.1. The Kier molecular flexibility index (Phi) is 8.96. The number of amides is 1. The number of allylic oxidation sites excluding steroid dienone is 3. The lowest BCUT2D eigenvalue weighted by molar-refractivity contribution is -0.123. The van der Waals surface area contributed by atoms with Crippen LogP contribution >= 0.6 is 12.6 Å². The number of hydrogen-bond acceptors (Lipinski definition) is 2. The van der Waals surface area contributed by atoms with E-state index >= 15 is 0 Å².